The first-order valence-electron chi connectivity index (χ1n) is 6.27. The minimum atomic E-state index is -0.719. The van der Waals surface area contributed by atoms with E-state index in [0.717, 1.165) is 5.56 Å². The average molecular weight is 253 g/mol. The third kappa shape index (κ3) is 4.94. The molecule has 0 amide bonds. The zero-order valence-electron chi connectivity index (χ0n) is 11.4. The molecule has 0 aliphatic carbocycles. The Hall–Kier alpha value is -1.26. The Morgan fingerprint density at radius 3 is 2.50 bits per heavy atom. The normalized spacial score (nSPS) is 11.4. The van der Waals surface area contributed by atoms with Crippen LogP contribution in [0.15, 0.2) is 18.2 Å². The van der Waals surface area contributed by atoms with Crippen molar-refractivity contribution in [3.05, 3.63) is 23.8 Å². The van der Waals surface area contributed by atoms with E-state index in [0.29, 0.717) is 37.7 Å². The van der Waals surface area contributed by atoms with Gasteiger partial charge in [-0.1, -0.05) is 6.07 Å². The standard InChI is InChI=1S/C14H23NO3/c1-4-17-13-9-11(10-15)5-6-12(13)18-8-7-14(2,3)16/h5-6,9,16H,4,7-8,10,15H2,1-3H3. The summed E-state index contributed by atoms with van der Waals surface area (Å²) in [5.74, 6) is 1.40. The third-order valence-corrected chi connectivity index (χ3v) is 2.52. The van der Waals surface area contributed by atoms with E-state index in [9.17, 15) is 5.11 Å². The molecule has 0 radical (unpaired) electrons. The highest BCUT2D eigenvalue weighted by Crippen LogP contribution is 2.28. The molecule has 1 rings (SSSR count). The zero-order chi connectivity index (χ0) is 13.6. The van der Waals surface area contributed by atoms with E-state index in [1.54, 1.807) is 13.8 Å². The Morgan fingerprint density at radius 1 is 1.22 bits per heavy atom. The van der Waals surface area contributed by atoms with Crippen molar-refractivity contribution in [1.29, 1.82) is 0 Å². The Bertz CT molecular complexity index is 372. The minimum Gasteiger partial charge on any atom is -0.490 e. The second kappa shape index (κ2) is 6.61. The SMILES string of the molecule is CCOc1cc(CN)ccc1OCCC(C)(C)O. The largest absolute Gasteiger partial charge is 0.490 e. The highest BCUT2D eigenvalue weighted by molar-refractivity contribution is 5.43. The first-order chi connectivity index (χ1) is 8.46. The molecule has 4 nitrogen and oxygen atoms in total. The van der Waals surface area contributed by atoms with Gasteiger partial charge < -0.3 is 20.3 Å². The van der Waals surface area contributed by atoms with Crippen LogP contribution in [-0.2, 0) is 6.54 Å². The molecule has 4 heteroatoms. The van der Waals surface area contributed by atoms with Crippen LogP contribution in [0.5, 0.6) is 11.5 Å². The summed E-state index contributed by atoms with van der Waals surface area (Å²) < 4.78 is 11.2. The van der Waals surface area contributed by atoms with Crippen molar-refractivity contribution in [2.45, 2.75) is 39.3 Å². The van der Waals surface area contributed by atoms with Crippen LogP contribution in [0.2, 0.25) is 0 Å². The number of benzene rings is 1. The topological polar surface area (TPSA) is 64.7 Å². The second-order valence-corrected chi connectivity index (χ2v) is 4.83. The molecular formula is C14H23NO3. The molecule has 0 saturated heterocycles. The Balaban J connectivity index is 2.68. The molecule has 0 aromatic heterocycles. The van der Waals surface area contributed by atoms with Gasteiger partial charge >= 0.3 is 0 Å². The maximum Gasteiger partial charge on any atom is 0.161 e. The van der Waals surface area contributed by atoms with Gasteiger partial charge in [-0.25, -0.2) is 0 Å². The smallest absolute Gasteiger partial charge is 0.161 e. The third-order valence-electron chi connectivity index (χ3n) is 2.52. The summed E-state index contributed by atoms with van der Waals surface area (Å²) in [6, 6.07) is 5.67. The van der Waals surface area contributed by atoms with Crippen molar-refractivity contribution < 1.29 is 14.6 Å². The van der Waals surface area contributed by atoms with Crippen LogP contribution in [0.3, 0.4) is 0 Å². The molecule has 0 bridgehead atoms. The summed E-state index contributed by atoms with van der Waals surface area (Å²) in [6.45, 7) is 6.95. The minimum absolute atomic E-state index is 0.450. The van der Waals surface area contributed by atoms with Gasteiger partial charge in [0, 0.05) is 13.0 Å². The second-order valence-electron chi connectivity index (χ2n) is 4.83. The highest BCUT2D eigenvalue weighted by atomic mass is 16.5. The van der Waals surface area contributed by atoms with Gasteiger partial charge in [0.15, 0.2) is 11.5 Å². The summed E-state index contributed by atoms with van der Waals surface area (Å²) >= 11 is 0. The number of aliphatic hydroxyl groups is 1. The van der Waals surface area contributed by atoms with E-state index in [4.69, 9.17) is 15.2 Å². The first-order valence-corrected chi connectivity index (χ1v) is 6.27. The molecule has 102 valence electrons. The fraction of sp³-hybridized carbons (Fsp3) is 0.571. The molecule has 18 heavy (non-hydrogen) atoms. The van der Waals surface area contributed by atoms with Gasteiger partial charge in [0.25, 0.3) is 0 Å². The lowest BCUT2D eigenvalue weighted by atomic mass is 10.1. The van der Waals surface area contributed by atoms with Gasteiger partial charge in [0.1, 0.15) is 0 Å². The first kappa shape index (κ1) is 14.8. The Kier molecular flexibility index (Phi) is 5.44. The van der Waals surface area contributed by atoms with Crippen LogP contribution < -0.4 is 15.2 Å². The van der Waals surface area contributed by atoms with E-state index in [2.05, 4.69) is 0 Å². The number of hydrogen-bond acceptors (Lipinski definition) is 4. The van der Waals surface area contributed by atoms with E-state index >= 15 is 0 Å². The van der Waals surface area contributed by atoms with Crippen molar-refractivity contribution in [2.24, 2.45) is 5.73 Å². The van der Waals surface area contributed by atoms with Crippen LogP contribution in [0.25, 0.3) is 0 Å². The summed E-state index contributed by atoms with van der Waals surface area (Å²) in [5.41, 5.74) is 5.88. The number of ether oxygens (including phenoxy) is 2. The lowest BCUT2D eigenvalue weighted by molar-refractivity contribution is 0.0548. The van der Waals surface area contributed by atoms with Gasteiger partial charge in [-0.05, 0) is 38.5 Å². The highest BCUT2D eigenvalue weighted by Gasteiger charge is 2.13. The van der Waals surface area contributed by atoms with E-state index < -0.39 is 5.60 Å². The molecule has 0 aliphatic heterocycles. The molecular weight excluding hydrogens is 230 g/mol. The molecule has 0 atom stereocenters. The van der Waals surface area contributed by atoms with Crippen LogP contribution in [0.1, 0.15) is 32.8 Å². The lowest BCUT2D eigenvalue weighted by Gasteiger charge is -2.18. The van der Waals surface area contributed by atoms with Gasteiger partial charge in [0.05, 0.1) is 18.8 Å². The quantitative estimate of drug-likeness (QED) is 0.781. The van der Waals surface area contributed by atoms with Gasteiger partial charge in [-0.15, -0.1) is 0 Å². The van der Waals surface area contributed by atoms with Gasteiger partial charge in [-0.2, -0.15) is 0 Å². The molecule has 0 saturated carbocycles. The molecule has 1 aromatic rings. The molecule has 1 aromatic carbocycles. The van der Waals surface area contributed by atoms with Crippen LogP contribution in [0.4, 0.5) is 0 Å². The van der Waals surface area contributed by atoms with Crippen LogP contribution >= 0.6 is 0 Å². The fourth-order valence-corrected chi connectivity index (χ4v) is 1.48. The predicted octanol–water partition coefficient (Wildman–Crippen LogP) is 2.08. The summed E-state index contributed by atoms with van der Waals surface area (Å²) in [6.07, 6.45) is 0.567. The average Bonchev–Trinajstić information content (AvgIpc) is 2.29. The Labute approximate surface area is 109 Å². The summed E-state index contributed by atoms with van der Waals surface area (Å²) in [5, 5.41) is 9.62. The molecule has 0 unspecified atom stereocenters. The molecule has 0 fully saturated rings. The van der Waals surface area contributed by atoms with Gasteiger partial charge in [-0.3, -0.25) is 0 Å². The van der Waals surface area contributed by atoms with E-state index in [1.807, 2.05) is 25.1 Å². The lowest BCUT2D eigenvalue weighted by Crippen LogP contribution is -2.21. The molecule has 0 spiro atoms. The molecule has 0 heterocycles. The predicted molar refractivity (Wildman–Crippen MR) is 71.9 cm³/mol. The molecule has 0 aliphatic rings. The summed E-state index contributed by atoms with van der Waals surface area (Å²) in [4.78, 5) is 0. The zero-order valence-corrected chi connectivity index (χ0v) is 11.4. The monoisotopic (exact) mass is 253 g/mol. The van der Waals surface area contributed by atoms with Crippen molar-refractivity contribution in [1.82, 2.24) is 0 Å². The van der Waals surface area contributed by atoms with Crippen molar-refractivity contribution in [2.75, 3.05) is 13.2 Å². The number of rotatable bonds is 7. The fourth-order valence-electron chi connectivity index (χ4n) is 1.48. The van der Waals surface area contributed by atoms with E-state index in [1.165, 1.54) is 0 Å². The van der Waals surface area contributed by atoms with Crippen LogP contribution in [0, 0.1) is 0 Å². The number of hydrogen-bond donors (Lipinski definition) is 2. The van der Waals surface area contributed by atoms with Crippen molar-refractivity contribution in [3.8, 4) is 11.5 Å². The summed E-state index contributed by atoms with van der Waals surface area (Å²) in [7, 11) is 0. The van der Waals surface area contributed by atoms with E-state index in [-0.39, 0.29) is 0 Å². The Morgan fingerprint density at radius 2 is 1.94 bits per heavy atom. The maximum absolute atomic E-state index is 9.62. The van der Waals surface area contributed by atoms with Crippen molar-refractivity contribution >= 4 is 0 Å². The van der Waals surface area contributed by atoms with Gasteiger partial charge in [0.2, 0.25) is 0 Å². The maximum atomic E-state index is 9.62. The number of nitrogens with two attached hydrogens (primary N) is 1. The van der Waals surface area contributed by atoms with Crippen LogP contribution in [-0.4, -0.2) is 23.9 Å². The van der Waals surface area contributed by atoms with Crippen molar-refractivity contribution in [3.63, 3.8) is 0 Å². The molecule has 3 N–H and O–H groups in total.